The number of aryl methyl sites for hydroxylation is 1. The normalized spacial score (nSPS) is 23.8. The van der Waals surface area contributed by atoms with Gasteiger partial charge < -0.3 is 19.5 Å². The van der Waals surface area contributed by atoms with E-state index in [4.69, 9.17) is 9.72 Å². The van der Waals surface area contributed by atoms with Gasteiger partial charge in [-0.3, -0.25) is 9.69 Å². The highest BCUT2D eigenvalue weighted by Crippen LogP contribution is 2.43. The number of nitrogens with zero attached hydrogens (tertiary/aromatic N) is 4. The number of benzene rings is 1. The van der Waals surface area contributed by atoms with Crippen molar-refractivity contribution in [2.24, 2.45) is 0 Å². The van der Waals surface area contributed by atoms with Crippen LogP contribution in [0.4, 0.5) is 18.0 Å². The number of ether oxygens (including phenoxy) is 1. The van der Waals surface area contributed by atoms with Gasteiger partial charge in [-0.15, -0.1) is 0 Å². The molecule has 4 heterocycles. The number of carbonyl (C=O) groups excluding carboxylic acids is 2. The Kier molecular flexibility index (Phi) is 7.89. The molecule has 1 aromatic heterocycles. The van der Waals surface area contributed by atoms with Gasteiger partial charge >= 0.3 is 12.3 Å². The minimum Gasteiger partial charge on any atom is -0.453 e. The van der Waals surface area contributed by atoms with E-state index in [1.165, 1.54) is 7.11 Å². The predicted octanol–water partition coefficient (Wildman–Crippen LogP) is 4.68. The molecule has 1 aromatic carbocycles. The molecule has 4 atom stereocenters. The van der Waals surface area contributed by atoms with Crippen LogP contribution < -0.4 is 5.32 Å². The second-order valence-corrected chi connectivity index (χ2v) is 10.9. The Balaban J connectivity index is 1.27. The molecule has 0 spiro atoms. The molecule has 212 valence electrons. The first-order chi connectivity index (χ1) is 18.6. The number of hydrogen-bond acceptors (Lipinski definition) is 5. The van der Waals surface area contributed by atoms with Crippen LogP contribution in [0.1, 0.15) is 73.4 Å². The Morgan fingerprint density at radius 3 is 2.46 bits per heavy atom. The lowest BCUT2D eigenvalue weighted by Crippen LogP contribution is -2.45. The van der Waals surface area contributed by atoms with Crippen molar-refractivity contribution in [3.8, 4) is 0 Å². The number of hydrogen-bond donors (Lipinski definition) is 1. The molecule has 2 fully saturated rings. The van der Waals surface area contributed by atoms with E-state index in [1.54, 1.807) is 4.90 Å². The zero-order chi connectivity index (χ0) is 27.7. The summed E-state index contributed by atoms with van der Waals surface area (Å²) in [6.45, 7) is 3.82. The van der Waals surface area contributed by atoms with Crippen LogP contribution in [0, 0.1) is 6.92 Å². The number of fused-ring (bicyclic) bond motifs is 3. The second kappa shape index (κ2) is 11.2. The molecule has 2 bridgehead atoms. The summed E-state index contributed by atoms with van der Waals surface area (Å²) in [5.74, 6) is -0.0273. The molecule has 8 nitrogen and oxygen atoms in total. The van der Waals surface area contributed by atoms with Crippen molar-refractivity contribution < 1.29 is 27.5 Å². The minimum absolute atomic E-state index is 0.281. The summed E-state index contributed by atoms with van der Waals surface area (Å²) >= 11 is 0. The van der Waals surface area contributed by atoms with Gasteiger partial charge in [0.15, 0.2) is 0 Å². The molecule has 3 aliphatic heterocycles. The van der Waals surface area contributed by atoms with Gasteiger partial charge in [0.25, 0.3) is 0 Å². The molecule has 0 unspecified atom stereocenters. The van der Waals surface area contributed by atoms with Crippen molar-refractivity contribution in [1.82, 2.24) is 24.7 Å². The van der Waals surface area contributed by atoms with Gasteiger partial charge in [-0.1, -0.05) is 30.3 Å². The lowest BCUT2D eigenvalue weighted by atomic mass is 9.95. The van der Waals surface area contributed by atoms with E-state index in [2.05, 4.69) is 14.8 Å². The van der Waals surface area contributed by atoms with Crippen molar-refractivity contribution in [1.29, 1.82) is 0 Å². The van der Waals surface area contributed by atoms with Crippen LogP contribution in [0.2, 0.25) is 0 Å². The molecule has 0 saturated carbocycles. The number of methoxy groups -OCH3 is 1. The third-order valence-corrected chi connectivity index (χ3v) is 8.46. The quantitative estimate of drug-likeness (QED) is 0.545. The monoisotopic (exact) mass is 547 g/mol. The van der Waals surface area contributed by atoms with Gasteiger partial charge in [0, 0.05) is 37.6 Å². The van der Waals surface area contributed by atoms with Crippen LogP contribution in [-0.2, 0) is 22.5 Å². The largest absolute Gasteiger partial charge is 0.453 e. The van der Waals surface area contributed by atoms with Gasteiger partial charge in [0.05, 0.1) is 31.1 Å². The Bertz CT molecular complexity index is 1170. The van der Waals surface area contributed by atoms with Crippen LogP contribution >= 0.6 is 0 Å². The molecular formula is C28H36F3N5O3. The predicted molar refractivity (Wildman–Crippen MR) is 138 cm³/mol. The Morgan fingerprint density at radius 1 is 1.13 bits per heavy atom. The number of aromatic nitrogens is 2. The topological polar surface area (TPSA) is 79.7 Å². The number of rotatable bonds is 7. The van der Waals surface area contributed by atoms with Crippen LogP contribution in [0.15, 0.2) is 30.3 Å². The zero-order valence-electron chi connectivity index (χ0n) is 22.4. The first kappa shape index (κ1) is 27.5. The first-order valence-corrected chi connectivity index (χ1v) is 13.7. The lowest BCUT2D eigenvalue weighted by molar-refractivity contribution is -0.154. The Hall–Kier alpha value is -3.08. The van der Waals surface area contributed by atoms with E-state index in [0.29, 0.717) is 44.6 Å². The molecule has 1 N–H and O–H groups in total. The smallest absolute Gasteiger partial charge is 0.409 e. The SMILES string of the molecule is COC(=O)N1CCc2nc(C)n([C@H]3C[C@H]4CC[C@@H](C3)N4CC[C@H](NC(=O)CC(F)(F)F)c3ccccc3)c2C1. The second-order valence-electron chi connectivity index (χ2n) is 10.9. The lowest BCUT2D eigenvalue weighted by Gasteiger charge is -2.41. The first-order valence-electron chi connectivity index (χ1n) is 13.7. The molecule has 5 rings (SSSR count). The van der Waals surface area contributed by atoms with E-state index < -0.39 is 24.5 Å². The highest BCUT2D eigenvalue weighted by atomic mass is 19.4. The average molecular weight is 548 g/mol. The maximum atomic E-state index is 12.8. The summed E-state index contributed by atoms with van der Waals surface area (Å²) in [6.07, 6.45) is -1.03. The highest BCUT2D eigenvalue weighted by molar-refractivity contribution is 5.77. The number of carbonyl (C=O) groups is 2. The summed E-state index contributed by atoms with van der Waals surface area (Å²) < 4.78 is 45.7. The van der Waals surface area contributed by atoms with Crippen molar-refractivity contribution in [2.75, 3.05) is 20.2 Å². The molecule has 3 aliphatic rings. The number of nitrogens with one attached hydrogen (secondary N) is 1. The zero-order valence-corrected chi connectivity index (χ0v) is 22.4. The third kappa shape index (κ3) is 6.08. The Morgan fingerprint density at radius 2 is 1.82 bits per heavy atom. The number of imidazole rings is 1. The summed E-state index contributed by atoms with van der Waals surface area (Å²) in [4.78, 5) is 33.4. The van der Waals surface area contributed by atoms with E-state index in [9.17, 15) is 22.8 Å². The van der Waals surface area contributed by atoms with Crippen LogP contribution in [-0.4, -0.2) is 69.8 Å². The van der Waals surface area contributed by atoms with E-state index in [0.717, 1.165) is 48.5 Å². The van der Waals surface area contributed by atoms with Gasteiger partial charge in [-0.2, -0.15) is 13.2 Å². The molecule has 11 heteroatoms. The summed E-state index contributed by atoms with van der Waals surface area (Å²) in [5.41, 5.74) is 2.97. The highest BCUT2D eigenvalue weighted by Gasteiger charge is 2.43. The van der Waals surface area contributed by atoms with Crippen LogP contribution in [0.5, 0.6) is 0 Å². The maximum Gasteiger partial charge on any atom is 0.409 e. The number of amides is 2. The van der Waals surface area contributed by atoms with E-state index in [1.807, 2.05) is 37.3 Å². The number of alkyl halides is 3. The molecule has 39 heavy (non-hydrogen) atoms. The minimum atomic E-state index is -4.54. The fraction of sp³-hybridized carbons (Fsp3) is 0.607. The van der Waals surface area contributed by atoms with Gasteiger partial charge in [-0.05, 0) is 44.6 Å². The summed E-state index contributed by atoms with van der Waals surface area (Å²) in [7, 11) is 1.40. The van der Waals surface area contributed by atoms with Crippen LogP contribution in [0.3, 0.4) is 0 Å². The van der Waals surface area contributed by atoms with Gasteiger partial charge in [-0.25, -0.2) is 9.78 Å². The van der Waals surface area contributed by atoms with Crippen molar-refractivity contribution >= 4 is 12.0 Å². The molecule has 2 saturated heterocycles. The van der Waals surface area contributed by atoms with E-state index >= 15 is 0 Å². The molecule has 2 aromatic rings. The van der Waals surface area contributed by atoms with E-state index in [-0.39, 0.29) is 12.1 Å². The Labute approximate surface area is 226 Å². The van der Waals surface area contributed by atoms with Crippen molar-refractivity contribution in [3.05, 3.63) is 53.1 Å². The number of halogens is 3. The summed E-state index contributed by atoms with van der Waals surface area (Å²) in [6, 6.07) is 9.73. The fourth-order valence-electron chi connectivity index (χ4n) is 6.82. The molecule has 2 amide bonds. The molecule has 0 aliphatic carbocycles. The van der Waals surface area contributed by atoms with Gasteiger partial charge in [0.2, 0.25) is 5.91 Å². The summed E-state index contributed by atoms with van der Waals surface area (Å²) in [5, 5.41) is 2.63. The van der Waals surface area contributed by atoms with Crippen molar-refractivity contribution in [2.45, 2.75) is 88.8 Å². The fourth-order valence-corrected chi connectivity index (χ4v) is 6.82. The molecular weight excluding hydrogens is 511 g/mol. The van der Waals surface area contributed by atoms with Gasteiger partial charge in [0.1, 0.15) is 12.2 Å². The van der Waals surface area contributed by atoms with Crippen LogP contribution in [0.25, 0.3) is 0 Å². The molecule has 0 radical (unpaired) electrons. The number of piperidine rings is 1. The van der Waals surface area contributed by atoms with Crippen molar-refractivity contribution in [3.63, 3.8) is 0 Å². The maximum absolute atomic E-state index is 12.8. The average Bonchev–Trinajstić information content (AvgIpc) is 3.35. The standard InChI is InChI=1S/C28H36F3N5O3/c1-18-32-24-10-12-34(27(38)39-2)17-25(24)36(18)22-14-20-8-9-21(15-22)35(20)13-11-23(19-6-4-3-5-7-19)33-26(37)16-28(29,30)31/h3-7,20-23H,8-17H2,1-2H3,(H,33,37)/t20-,21+,22+,23-/m0/s1. The third-order valence-electron chi connectivity index (χ3n) is 8.46.